The largest absolute Gasteiger partial charge is 0.491 e. The molecule has 0 aliphatic rings. The van der Waals surface area contributed by atoms with Crippen molar-refractivity contribution in [3.63, 3.8) is 0 Å². The number of hydrogen-bond donors (Lipinski definition) is 0. The molecule has 268 valence electrons. The lowest BCUT2D eigenvalue weighted by Gasteiger charge is -2.11. The lowest BCUT2D eigenvalue weighted by Crippen LogP contribution is -2.15. The highest BCUT2D eigenvalue weighted by Gasteiger charge is 2.06. The number of aromatic nitrogens is 1. The van der Waals surface area contributed by atoms with Crippen LogP contribution in [-0.4, -0.2) is 131 Å². The third kappa shape index (κ3) is 17.9. The van der Waals surface area contributed by atoms with Crippen LogP contribution in [0.5, 0.6) is 5.75 Å². The molecule has 0 unspecified atom stereocenters. The molecular weight excluding hydrogens is 620 g/mol. The summed E-state index contributed by atoms with van der Waals surface area (Å²) >= 11 is 0. The van der Waals surface area contributed by atoms with Crippen LogP contribution in [0.1, 0.15) is 25.3 Å². The van der Waals surface area contributed by atoms with E-state index in [1.54, 1.807) is 0 Å². The predicted molar refractivity (Wildman–Crippen MR) is 186 cm³/mol. The molecule has 1 aromatic heterocycles. The van der Waals surface area contributed by atoms with Crippen molar-refractivity contribution in [1.82, 2.24) is 4.98 Å². The van der Waals surface area contributed by atoms with Gasteiger partial charge in [0.2, 0.25) is 5.89 Å². The summed E-state index contributed by atoms with van der Waals surface area (Å²) in [7, 11) is 4.04. The van der Waals surface area contributed by atoms with Crippen LogP contribution in [0.2, 0.25) is 0 Å². The highest BCUT2D eigenvalue weighted by molar-refractivity contribution is 5.77. The maximum absolute atomic E-state index is 5.89. The maximum atomic E-state index is 5.89. The van der Waals surface area contributed by atoms with Crippen LogP contribution in [0, 0.1) is 0 Å². The van der Waals surface area contributed by atoms with Crippen LogP contribution in [0.4, 0.5) is 5.69 Å². The Balaban J connectivity index is 1.07. The Bertz CT molecular complexity index is 1250. The molecule has 1 heterocycles. The first-order chi connectivity index (χ1) is 23.5. The molecule has 0 radical (unpaired) electrons. The fourth-order valence-electron chi connectivity index (χ4n) is 4.12. The zero-order chi connectivity index (χ0) is 34.1. The SMILES string of the molecule is CC(C)OCCOCCOCCOCCOCCOCCOCCOCCOc1ccc2nc(/C=C/c3ccc(N(C)C)cc3)oc2c1. The minimum Gasteiger partial charge on any atom is -0.491 e. The van der Waals surface area contributed by atoms with E-state index >= 15 is 0 Å². The molecule has 0 saturated heterocycles. The second-order valence-electron chi connectivity index (χ2n) is 11.1. The summed E-state index contributed by atoms with van der Waals surface area (Å²) in [5, 5.41) is 0. The van der Waals surface area contributed by atoms with Gasteiger partial charge in [0, 0.05) is 31.9 Å². The van der Waals surface area contributed by atoms with Crippen molar-refractivity contribution >= 4 is 28.9 Å². The Morgan fingerprint density at radius 2 is 1.08 bits per heavy atom. The standard InChI is InChI=1S/C36H54N2O10/c1-30(2)46-27-25-44-23-21-42-19-17-40-15-13-39-14-16-41-18-20-43-22-24-45-26-28-47-33-10-11-34-35(29-33)48-36(37-34)12-7-31-5-8-32(9-6-31)38(3)4/h5-12,29-30H,13-28H2,1-4H3/b12-7+. The van der Waals surface area contributed by atoms with Crippen molar-refractivity contribution in [3.8, 4) is 5.75 Å². The van der Waals surface area contributed by atoms with Crippen molar-refractivity contribution in [1.29, 1.82) is 0 Å². The number of anilines is 1. The number of fused-ring (bicyclic) bond motifs is 1. The van der Waals surface area contributed by atoms with Gasteiger partial charge in [-0.05, 0) is 49.8 Å². The highest BCUT2D eigenvalue weighted by atomic mass is 16.6. The summed E-state index contributed by atoms with van der Waals surface area (Å²) in [4.78, 5) is 6.60. The molecular formula is C36H54N2O10. The molecule has 0 N–H and O–H groups in total. The summed E-state index contributed by atoms with van der Waals surface area (Å²) in [5.74, 6) is 1.25. The zero-order valence-corrected chi connectivity index (χ0v) is 29.1. The number of rotatable bonds is 29. The van der Waals surface area contributed by atoms with E-state index in [0.29, 0.717) is 123 Å². The van der Waals surface area contributed by atoms with Crippen molar-refractivity contribution in [3.05, 3.63) is 53.9 Å². The van der Waals surface area contributed by atoms with Gasteiger partial charge in [0.05, 0.1) is 105 Å². The van der Waals surface area contributed by atoms with Gasteiger partial charge < -0.3 is 51.9 Å². The minimum absolute atomic E-state index is 0.229. The Hall–Kier alpha value is -3.07. The maximum Gasteiger partial charge on any atom is 0.220 e. The predicted octanol–water partition coefficient (Wildman–Crippen LogP) is 4.98. The minimum atomic E-state index is 0.229. The molecule has 0 bridgehead atoms. The summed E-state index contributed by atoms with van der Waals surface area (Å²) in [5.41, 5.74) is 3.67. The third-order valence-electron chi connectivity index (χ3n) is 6.61. The van der Waals surface area contributed by atoms with Gasteiger partial charge in [-0.15, -0.1) is 0 Å². The smallest absolute Gasteiger partial charge is 0.220 e. The van der Waals surface area contributed by atoms with Crippen LogP contribution in [-0.2, 0) is 37.9 Å². The van der Waals surface area contributed by atoms with E-state index < -0.39 is 0 Å². The Morgan fingerprint density at radius 1 is 0.604 bits per heavy atom. The molecule has 12 nitrogen and oxygen atoms in total. The molecule has 3 aromatic rings. The molecule has 3 rings (SSSR count). The Kier molecular flexibility index (Phi) is 20.5. The number of oxazole rings is 1. The van der Waals surface area contributed by atoms with Crippen LogP contribution in [0.25, 0.3) is 23.3 Å². The quantitative estimate of drug-likeness (QED) is 0.0926. The molecule has 0 amide bonds. The molecule has 0 saturated carbocycles. The second kappa shape index (κ2) is 25.0. The summed E-state index contributed by atoms with van der Waals surface area (Å²) in [6.07, 6.45) is 4.08. The lowest BCUT2D eigenvalue weighted by molar-refractivity contribution is -0.0259. The van der Waals surface area contributed by atoms with Crippen molar-refractivity contribution in [2.24, 2.45) is 0 Å². The first kappa shape index (κ1) is 39.4. The Morgan fingerprint density at radius 3 is 1.56 bits per heavy atom. The molecule has 0 spiro atoms. The van der Waals surface area contributed by atoms with E-state index in [1.807, 2.05) is 58.3 Å². The Labute approximate surface area is 285 Å². The monoisotopic (exact) mass is 674 g/mol. The number of benzene rings is 2. The highest BCUT2D eigenvalue weighted by Crippen LogP contribution is 2.23. The van der Waals surface area contributed by atoms with E-state index in [9.17, 15) is 0 Å². The molecule has 0 aliphatic heterocycles. The zero-order valence-electron chi connectivity index (χ0n) is 29.1. The number of nitrogens with zero attached hydrogens (tertiary/aromatic N) is 2. The third-order valence-corrected chi connectivity index (χ3v) is 6.61. The first-order valence-corrected chi connectivity index (χ1v) is 16.7. The van der Waals surface area contributed by atoms with Crippen LogP contribution in [0.15, 0.2) is 46.9 Å². The normalized spacial score (nSPS) is 11.8. The van der Waals surface area contributed by atoms with Crippen LogP contribution < -0.4 is 9.64 Å². The van der Waals surface area contributed by atoms with Gasteiger partial charge in [0.15, 0.2) is 5.58 Å². The summed E-state index contributed by atoms with van der Waals surface area (Å²) < 4.78 is 55.6. The number of ether oxygens (including phenoxy) is 9. The molecule has 48 heavy (non-hydrogen) atoms. The first-order valence-electron chi connectivity index (χ1n) is 16.7. The fourth-order valence-corrected chi connectivity index (χ4v) is 4.12. The van der Waals surface area contributed by atoms with Crippen LogP contribution >= 0.6 is 0 Å². The average molecular weight is 675 g/mol. The van der Waals surface area contributed by atoms with Crippen molar-refractivity contribution in [2.75, 3.05) is 125 Å². The molecule has 2 aromatic carbocycles. The number of hydrogen-bond acceptors (Lipinski definition) is 12. The van der Waals surface area contributed by atoms with Gasteiger partial charge in [0.1, 0.15) is 17.9 Å². The second-order valence-corrected chi connectivity index (χ2v) is 11.1. The van der Waals surface area contributed by atoms with Crippen molar-refractivity contribution < 1.29 is 47.0 Å². The van der Waals surface area contributed by atoms with E-state index in [-0.39, 0.29) is 6.10 Å². The van der Waals surface area contributed by atoms with Gasteiger partial charge in [-0.3, -0.25) is 0 Å². The van der Waals surface area contributed by atoms with E-state index in [4.69, 9.17) is 47.0 Å². The van der Waals surface area contributed by atoms with E-state index in [2.05, 4.69) is 34.1 Å². The van der Waals surface area contributed by atoms with Gasteiger partial charge >= 0.3 is 0 Å². The van der Waals surface area contributed by atoms with Gasteiger partial charge in [-0.2, -0.15) is 0 Å². The summed E-state index contributed by atoms with van der Waals surface area (Å²) in [6, 6.07) is 13.9. The van der Waals surface area contributed by atoms with E-state index in [0.717, 1.165) is 16.8 Å². The summed E-state index contributed by atoms with van der Waals surface area (Å²) in [6.45, 7) is 12.2. The van der Waals surface area contributed by atoms with E-state index in [1.165, 1.54) is 0 Å². The average Bonchev–Trinajstić information content (AvgIpc) is 3.49. The van der Waals surface area contributed by atoms with Crippen LogP contribution in [0.3, 0.4) is 0 Å². The van der Waals surface area contributed by atoms with Crippen molar-refractivity contribution in [2.45, 2.75) is 20.0 Å². The topological polar surface area (TPSA) is 112 Å². The molecule has 0 aliphatic carbocycles. The van der Waals surface area contributed by atoms with Gasteiger partial charge in [-0.25, -0.2) is 4.98 Å². The fraction of sp³-hybridized carbons (Fsp3) is 0.583. The molecule has 0 fully saturated rings. The molecule has 12 heteroatoms. The molecule has 0 atom stereocenters. The van der Waals surface area contributed by atoms with Gasteiger partial charge in [0.25, 0.3) is 0 Å². The van der Waals surface area contributed by atoms with Gasteiger partial charge in [-0.1, -0.05) is 12.1 Å². The lowest BCUT2D eigenvalue weighted by atomic mass is 10.2.